The molecule has 0 fully saturated rings. The van der Waals surface area contributed by atoms with E-state index >= 15 is 0 Å². The molecule has 3 aromatic heterocycles. The van der Waals surface area contributed by atoms with Gasteiger partial charge in [-0.2, -0.15) is 9.13 Å². The molecule has 0 aliphatic heterocycles. The van der Waals surface area contributed by atoms with Gasteiger partial charge in [-0.1, -0.05) is 136 Å². The Labute approximate surface area is 400 Å². The quantitative estimate of drug-likeness (QED) is 0.135. The van der Waals surface area contributed by atoms with Crippen LogP contribution in [-0.4, -0.2) is 14.1 Å². The van der Waals surface area contributed by atoms with E-state index < -0.39 is 0 Å². The highest BCUT2D eigenvalue weighted by molar-refractivity contribution is 6.09. The zero-order valence-electron chi connectivity index (χ0n) is 40.9. The topological polar surface area (TPSA) is 35.9 Å². The van der Waals surface area contributed by atoms with Crippen molar-refractivity contribution in [2.75, 3.05) is 0 Å². The second kappa shape index (κ2) is 17.1. The predicted molar refractivity (Wildman–Crippen MR) is 280 cm³/mol. The molecule has 5 nitrogen and oxygen atoms in total. The molecule has 10 aromatic rings. The maximum absolute atomic E-state index is 14.4. The average molecular weight is 896 g/mol. The summed E-state index contributed by atoms with van der Waals surface area (Å²) in [5, 5.41) is 2.30. The Kier molecular flexibility index (Phi) is 11.2. The van der Waals surface area contributed by atoms with Crippen LogP contribution in [0, 0.1) is 5.82 Å². The summed E-state index contributed by atoms with van der Waals surface area (Å²) in [6.07, 6.45) is 4.11. The van der Waals surface area contributed by atoms with Crippen LogP contribution in [0.15, 0.2) is 170 Å². The highest BCUT2D eigenvalue weighted by Gasteiger charge is 2.26. The molecule has 0 spiro atoms. The van der Waals surface area contributed by atoms with E-state index in [2.05, 4.69) is 223 Å². The van der Waals surface area contributed by atoms with Crippen molar-refractivity contribution < 1.29 is 13.7 Å². The second-order valence-electron chi connectivity index (χ2n) is 21.0. The fraction of sp³-hybridized carbons (Fsp3) is 0.226. The lowest BCUT2D eigenvalue weighted by molar-refractivity contribution is -0.567. The van der Waals surface area contributed by atoms with Gasteiger partial charge in [-0.15, -0.1) is 0 Å². The van der Waals surface area contributed by atoms with E-state index in [9.17, 15) is 4.39 Å². The van der Waals surface area contributed by atoms with Crippen LogP contribution in [-0.2, 0) is 10.8 Å². The van der Waals surface area contributed by atoms with Crippen molar-refractivity contribution in [3.63, 3.8) is 0 Å². The molecule has 7 aromatic carbocycles. The number of ether oxygens (including phenoxy) is 1. The lowest BCUT2D eigenvalue weighted by Crippen LogP contribution is -2.30. The third-order valence-corrected chi connectivity index (χ3v) is 13.5. The maximum Gasteiger partial charge on any atom is 0.255 e. The fourth-order valence-corrected chi connectivity index (χ4v) is 9.80. The molecule has 3 heterocycles. The number of rotatable bonds is 9. The van der Waals surface area contributed by atoms with Crippen molar-refractivity contribution in [3.05, 3.63) is 198 Å². The molecule has 0 saturated carbocycles. The van der Waals surface area contributed by atoms with E-state index in [4.69, 9.17) is 9.72 Å². The number of nitrogens with zero attached hydrogens (tertiary/aromatic N) is 4. The lowest BCUT2D eigenvalue weighted by Gasteiger charge is -2.21. The zero-order chi connectivity index (χ0) is 47.6. The van der Waals surface area contributed by atoms with Gasteiger partial charge in [0.2, 0.25) is 0 Å². The first-order valence-electron chi connectivity index (χ1n) is 23.9. The van der Waals surface area contributed by atoms with Crippen molar-refractivity contribution >= 4 is 32.8 Å². The molecule has 68 heavy (non-hydrogen) atoms. The van der Waals surface area contributed by atoms with Gasteiger partial charge in [-0.05, 0) is 140 Å². The molecule has 0 radical (unpaired) electrons. The Bertz CT molecular complexity index is 3500. The van der Waals surface area contributed by atoms with Gasteiger partial charge >= 0.3 is 0 Å². The molecule has 0 unspecified atom stereocenters. The monoisotopic (exact) mass is 895 g/mol. The number of imidazole rings is 1. The Morgan fingerprint density at radius 2 is 1.22 bits per heavy atom. The summed E-state index contributed by atoms with van der Waals surface area (Å²) >= 11 is 0. The van der Waals surface area contributed by atoms with Gasteiger partial charge < -0.3 is 4.74 Å². The Balaban J connectivity index is 1.19. The summed E-state index contributed by atoms with van der Waals surface area (Å²) < 4.78 is 28.3. The minimum Gasteiger partial charge on any atom is -0.457 e. The van der Waals surface area contributed by atoms with Gasteiger partial charge in [-0.25, -0.2) is 9.37 Å². The zero-order valence-corrected chi connectivity index (χ0v) is 40.9. The number of para-hydroxylation sites is 3. The summed E-state index contributed by atoms with van der Waals surface area (Å²) in [5.41, 5.74) is 15.4. The summed E-state index contributed by atoms with van der Waals surface area (Å²) in [4.78, 5) is 4.94. The Hall–Kier alpha value is -7.31. The summed E-state index contributed by atoms with van der Waals surface area (Å²) in [7, 11) is 0. The van der Waals surface area contributed by atoms with Crippen LogP contribution in [0.5, 0.6) is 11.5 Å². The third-order valence-electron chi connectivity index (χ3n) is 13.5. The largest absolute Gasteiger partial charge is 0.457 e. The minimum atomic E-state index is -0.255. The van der Waals surface area contributed by atoms with E-state index in [1.807, 2.05) is 18.3 Å². The van der Waals surface area contributed by atoms with Gasteiger partial charge in [0, 0.05) is 34.7 Å². The van der Waals surface area contributed by atoms with Crippen LogP contribution in [0.1, 0.15) is 103 Å². The third kappa shape index (κ3) is 8.16. The molecule has 0 atom stereocenters. The van der Waals surface area contributed by atoms with E-state index in [1.165, 1.54) is 27.8 Å². The number of hydrogen-bond acceptors (Lipinski definition) is 2. The molecule has 0 aliphatic rings. The molecule has 0 saturated heterocycles. The van der Waals surface area contributed by atoms with Crippen LogP contribution in [0.4, 0.5) is 4.39 Å². The van der Waals surface area contributed by atoms with Gasteiger partial charge in [-0.3, -0.25) is 4.57 Å². The van der Waals surface area contributed by atoms with E-state index in [-0.39, 0.29) is 16.6 Å². The van der Waals surface area contributed by atoms with Crippen LogP contribution in [0.3, 0.4) is 0 Å². The van der Waals surface area contributed by atoms with Crippen LogP contribution in [0.2, 0.25) is 0 Å². The molecule has 340 valence electrons. The Morgan fingerprint density at radius 3 is 1.93 bits per heavy atom. The number of halogens is 1. The highest BCUT2D eigenvalue weighted by Crippen LogP contribution is 2.42. The van der Waals surface area contributed by atoms with E-state index in [1.54, 1.807) is 12.1 Å². The normalized spacial score (nSPS) is 12.3. The molecular weight excluding hydrogens is 836 g/mol. The molecule has 0 bridgehead atoms. The van der Waals surface area contributed by atoms with E-state index in [0.29, 0.717) is 11.8 Å². The first-order valence-corrected chi connectivity index (χ1v) is 23.9. The van der Waals surface area contributed by atoms with Crippen molar-refractivity contribution in [1.29, 1.82) is 0 Å². The number of benzene rings is 7. The molecule has 0 amide bonds. The van der Waals surface area contributed by atoms with Crippen molar-refractivity contribution in [2.45, 2.75) is 91.9 Å². The number of fused-ring (bicyclic) bond motifs is 4. The molecule has 0 aliphatic carbocycles. The van der Waals surface area contributed by atoms with Gasteiger partial charge in [0.25, 0.3) is 6.33 Å². The highest BCUT2D eigenvalue weighted by atomic mass is 19.1. The predicted octanol–water partition coefficient (Wildman–Crippen LogP) is 16.5. The molecule has 6 heteroatoms. The first kappa shape index (κ1) is 44.5. The standard InChI is InChI=1S/C62H60FN4O/c1-39(2)49-17-15-18-50(40(3)4)60(49)42-32-46(65-38-66(57-21-14-13-20-56(57)65)54-29-24-43(61(5,6)7)34-53(54)41-22-25-45(63)26-23-41)36-48(33-42)68-47-27-28-52-51-16-11-12-19-55(51)67(58(52)37-47)59-35-44(30-31-64-59)62(8,9)10/h11-40H,1-10H3/q+1. The van der Waals surface area contributed by atoms with Crippen molar-refractivity contribution in [1.82, 2.24) is 14.1 Å². The first-order chi connectivity index (χ1) is 32.5. The number of pyridine rings is 1. The lowest BCUT2D eigenvalue weighted by atomic mass is 9.85. The molecule has 0 N–H and O–H groups in total. The number of hydrogen-bond donors (Lipinski definition) is 0. The van der Waals surface area contributed by atoms with Gasteiger partial charge in [0.1, 0.15) is 34.5 Å². The minimum absolute atomic E-state index is 0.0385. The second-order valence-corrected chi connectivity index (χ2v) is 21.0. The average Bonchev–Trinajstić information content (AvgIpc) is 3.87. The summed E-state index contributed by atoms with van der Waals surface area (Å²) in [6.45, 7) is 22.5. The van der Waals surface area contributed by atoms with Crippen LogP contribution < -0.4 is 9.30 Å². The number of aromatic nitrogens is 4. The SMILES string of the molecule is CC(C)c1cccc(C(C)C)c1-c1cc(Oc2ccc3c4ccccc4n(-c4cc(C(C)(C)C)ccn4)c3c2)cc(-n2c[n+](-c3ccc(C(C)(C)C)cc3-c3ccc(F)cc3)c3ccccc32)c1. The van der Waals surface area contributed by atoms with Gasteiger partial charge in [0.05, 0.1) is 11.0 Å². The van der Waals surface area contributed by atoms with Crippen molar-refractivity contribution in [2.24, 2.45) is 0 Å². The fourth-order valence-electron chi connectivity index (χ4n) is 9.80. The summed E-state index contributed by atoms with van der Waals surface area (Å²) in [5.74, 6) is 2.66. The van der Waals surface area contributed by atoms with E-state index in [0.717, 1.165) is 78.2 Å². The van der Waals surface area contributed by atoms with Crippen LogP contribution in [0.25, 0.3) is 72.3 Å². The smallest absolute Gasteiger partial charge is 0.255 e. The van der Waals surface area contributed by atoms with Crippen LogP contribution >= 0.6 is 0 Å². The Morgan fingerprint density at radius 1 is 0.559 bits per heavy atom. The summed E-state index contributed by atoms with van der Waals surface area (Å²) in [6, 6.07) is 54.8. The molecular formula is C62H60FN4O+. The maximum atomic E-state index is 14.4. The molecule has 10 rings (SSSR count). The van der Waals surface area contributed by atoms with Gasteiger partial charge in [0.15, 0.2) is 11.0 Å². The van der Waals surface area contributed by atoms with Crippen molar-refractivity contribution in [3.8, 4) is 50.9 Å².